The second-order valence-electron chi connectivity index (χ2n) is 6.24. The number of benzene rings is 1. The average molecular weight is 361 g/mol. The van der Waals surface area contributed by atoms with E-state index in [1.807, 2.05) is 25.1 Å². The Balaban J connectivity index is 2.18. The average Bonchev–Trinajstić information content (AvgIpc) is 3.04. The van der Waals surface area contributed by atoms with Gasteiger partial charge in [-0.3, -0.25) is 0 Å². The lowest BCUT2D eigenvalue weighted by Gasteiger charge is -2.32. The van der Waals surface area contributed by atoms with Crippen LogP contribution in [0.1, 0.15) is 50.5 Å². The number of carbonyl (C=O) groups is 1. The van der Waals surface area contributed by atoms with E-state index in [0.29, 0.717) is 16.4 Å². The zero-order valence-electron chi connectivity index (χ0n) is 14.7. The lowest BCUT2D eigenvalue weighted by Crippen LogP contribution is -2.34. The van der Waals surface area contributed by atoms with Crippen LogP contribution in [0.25, 0.3) is 0 Å². The predicted molar refractivity (Wildman–Crippen MR) is 98.3 cm³/mol. The second-order valence-corrected chi connectivity index (χ2v) is 7.38. The largest absolute Gasteiger partial charge is 0.493 e. The van der Waals surface area contributed by atoms with Gasteiger partial charge in [-0.2, -0.15) is 0 Å². The highest BCUT2D eigenvalue weighted by Gasteiger charge is 2.33. The van der Waals surface area contributed by atoms with Crippen LogP contribution >= 0.6 is 11.3 Å². The Morgan fingerprint density at radius 1 is 1.24 bits per heavy atom. The van der Waals surface area contributed by atoms with Gasteiger partial charge >= 0.3 is 5.97 Å². The zero-order valence-corrected chi connectivity index (χ0v) is 15.5. The van der Waals surface area contributed by atoms with E-state index in [0.717, 1.165) is 40.8 Å². The van der Waals surface area contributed by atoms with Crippen molar-refractivity contribution in [1.82, 2.24) is 0 Å². The summed E-state index contributed by atoms with van der Waals surface area (Å²) in [5.41, 5.74) is 9.45. The summed E-state index contributed by atoms with van der Waals surface area (Å²) in [6.45, 7) is 2.03. The Bertz CT molecular complexity index is 799. The number of aromatic carboxylic acids is 1. The summed E-state index contributed by atoms with van der Waals surface area (Å²) in [4.78, 5) is 13.2. The molecule has 1 heterocycles. The van der Waals surface area contributed by atoms with Gasteiger partial charge in [0, 0.05) is 16.8 Å². The van der Waals surface area contributed by atoms with Crippen LogP contribution < -0.4 is 15.2 Å². The van der Waals surface area contributed by atoms with E-state index in [-0.39, 0.29) is 12.0 Å². The van der Waals surface area contributed by atoms with Gasteiger partial charge in [0.1, 0.15) is 4.88 Å². The number of rotatable bonds is 5. The van der Waals surface area contributed by atoms with Gasteiger partial charge in [0.2, 0.25) is 0 Å². The third kappa shape index (κ3) is 3.12. The van der Waals surface area contributed by atoms with Gasteiger partial charge in [-0.1, -0.05) is 6.92 Å². The highest BCUT2D eigenvalue weighted by atomic mass is 32.1. The lowest BCUT2D eigenvalue weighted by molar-refractivity contribution is 0.0700. The summed E-state index contributed by atoms with van der Waals surface area (Å²) in [6.07, 6.45) is 2.47. The SMILES string of the molecule is CCc1cc([C@@H]2c3cc(OC)c(OC)cc3CC[C@H]2N)c(C(=O)O)s1. The van der Waals surface area contributed by atoms with Gasteiger partial charge in [-0.25, -0.2) is 4.79 Å². The molecule has 0 unspecified atom stereocenters. The number of ether oxygens (including phenoxy) is 2. The minimum absolute atomic E-state index is 0.122. The summed E-state index contributed by atoms with van der Waals surface area (Å²) >= 11 is 1.34. The summed E-state index contributed by atoms with van der Waals surface area (Å²) in [5.74, 6) is 0.294. The maximum atomic E-state index is 11.8. The van der Waals surface area contributed by atoms with E-state index in [1.165, 1.54) is 11.3 Å². The molecule has 0 saturated carbocycles. The van der Waals surface area contributed by atoms with Gasteiger partial charge in [-0.05, 0) is 54.2 Å². The molecular formula is C19H23NO4S. The van der Waals surface area contributed by atoms with Crippen LogP contribution in [0.15, 0.2) is 18.2 Å². The number of aryl methyl sites for hydroxylation is 2. The smallest absolute Gasteiger partial charge is 0.346 e. The number of carboxylic acid groups (broad SMARTS) is 1. The molecule has 1 aliphatic carbocycles. The van der Waals surface area contributed by atoms with Crippen molar-refractivity contribution in [3.05, 3.63) is 44.6 Å². The van der Waals surface area contributed by atoms with Crippen molar-refractivity contribution in [2.75, 3.05) is 14.2 Å². The van der Waals surface area contributed by atoms with Gasteiger partial charge in [0.05, 0.1) is 14.2 Å². The molecule has 1 aromatic carbocycles. The topological polar surface area (TPSA) is 81.8 Å². The Kier molecular flexibility index (Phi) is 5.01. The molecule has 3 rings (SSSR count). The van der Waals surface area contributed by atoms with Crippen LogP contribution in [-0.2, 0) is 12.8 Å². The van der Waals surface area contributed by atoms with E-state index in [2.05, 4.69) is 0 Å². The summed E-state index contributed by atoms with van der Waals surface area (Å²) in [6, 6.07) is 5.82. The molecule has 5 nitrogen and oxygen atoms in total. The number of thiophene rings is 1. The first-order chi connectivity index (χ1) is 12.0. The van der Waals surface area contributed by atoms with E-state index < -0.39 is 5.97 Å². The van der Waals surface area contributed by atoms with E-state index in [9.17, 15) is 9.90 Å². The summed E-state index contributed by atoms with van der Waals surface area (Å²) in [7, 11) is 3.22. The number of hydrogen-bond acceptors (Lipinski definition) is 5. The first-order valence-electron chi connectivity index (χ1n) is 8.36. The van der Waals surface area contributed by atoms with Crippen LogP contribution in [0.3, 0.4) is 0 Å². The van der Waals surface area contributed by atoms with Gasteiger partial charge in [0.15, 0.2) is 11.5 Å². The maximum absolute atomic E-state index is 11.8. The van der Waals surface area contributed by atoms with Crippen LogP contribution in [0.2, 0.25) is 0 Å². The highest BCUT2D eigenvalue weighted by molar-refractivity contribution is 7.14. The van der Waals surface area contributed by atoms with Crippen molar-refractivity contribution in [3.8, 4) is 11.5 Å². The van der Waals surface area contributed by atoms with Gasteiger partial charge in [0.25, 0.3) is 0 Å². The van der Waals surface area contributed by atoms with Crippen molar-refractivity contribution < 1.29 is 19.4 Å². The van der Waals surface area contributed by atoms with E-state index in [4.69, 9.17) is 15.2 Å². The highest BCUT2D eigenvalue weighted by Crippen LogP contribution is 2.44. The van der Waals surface area contributed by atoms with Crippen LogP contribution in [0.5, 0.6) is 11.5 Å². The summed E-state index contributed by atoms with van der Waals surface area (Å²) in [5, 5.41) is 9.65. The molecule has 0 spiro atoms. The number of nitrogens with two attached hydrogens (primary N) is 1. The number of hydrogen-bond donors (Lipinski definition) is 2. The quantitative estimate of drug-likeness (QED) is 0.853. The fourth-order valence-electron chi connectivity index (χ4n) is 3.59. The van der Waals surface area contributed by atoms with Crippen LogP contribution in [0.4, 0.5) is 0 Å². The second kappa shape index (κ2) is 7.06. The zero-order chi connectivity index (χ0) is 18.1. The minimum atomic E-state index is -0.889. The Morgan fingerprint density at radius 2 is 1.92 bits per heavy atom. The van der Waals surface area contributed by atoms with Crippen LogP contribution in [-0.4, -0.2) is 31.3 Å². The van der Waals surface area contributed by atoms with Crippen molar-refractivity contribution >= 4 is 17.3 Å². The molecule has 25 heavy (non-hydrogen) atoms. The molecule has 0 radical (unpaired) electrons. The number of fused-ring (bicyclic) bond motifs is 1. The van der Waals surface area contributed by atoms with Gasteiger partial charge < -0.3 is 20.3 Å². The maximum Gasteiger partial charge on any atom is 0.346 e. The molecule has 1 aromatic heterocycles. The van der Waals surface area contributed by atoms with Crippen molar-refractivity contribution in [3.63, 3.8) is 0 Å². The fourth-order valence-corrected chi connectivity index (χ4v) is 4.57. The third-order valence-electron chi connectivity index (χ3n) is 4.85. The van der Waals surface area contributed by atoms with E-state index in [1.54, 1.807) is 14.2 Å². The Hall–Kier alpha value is -2.05. The molecular weight excluding hydrogens is 338 g/mol. The molecule has 3 N–H and O–H groups in total. The van der Waals surface area contributed by atoms with E-state index >= 15 is 0 Å². The van der Waals surface area contributed by atoms with Crippen molar-refractivity contribution in [1.29, 1.82) is 0 Å². The molecule has 0 amide bonds. The molecule has 0 saturated heterocycles. The number of methoxy groups -OCH3 is 2. The van der Waals surface area contributed by atoms with Crippen molar-refractivity contribution in [2.24, 2.45) is 5.73 Å². The molecule has 2 atom stereocenters. The monoisotopic (exact) mass is 361 g/mol. The number of carboxylic acids is 1. The third-order valence-corrected chi connectivity index (χ3v) is 6.13. The van der Waals surface area contributed by atoms with Crippen LogP contribution in [0, 0.1) is 0 Å². The summed E-state index contributed by atoms with van der Waals surface area (Å²) < 4.78 is 10.9. The molecule has 0 bridgehead atoms. The minimum Gasteiger partial charge on any atom is -0.493 e. The molecule has 2 aromatic rings. The Morgan fingerprint density at radius 3 is 2.52 bits per heavy atom. The first kappa shape index (κ1) is 17.8. The van der Waals surface area contributed by atoms with Gasteiger partial charge in [-0.15, -0.1) is 11.3 Å². The molecule has 6 heteroatoms. The molecule has 0 aliphatic heterocycles. The fraction of sp³-hybridized carbons (Fsp3) is 0.421. The molecule has 134 valence electrons. The molecule has 0 fully saturated rings. The predicted octanol–water partition coefficient (Wildman–Crippen LogP) is 3.43. The molecule has 1 aliphatic rings. The first-order valence-corrected chi connectivity index (χ1v) is 9.18. The lowest BCUT2D eigenvalue weighted by atomic mass is 9.75. The normalized spacial score (nSPS) is 19.4. The van der Waals surface area contributed by atoms with Crippen molar-refractivity contribution in [2.45, 2.75) is 38.1 Å². The Labute approximate surface area is 151 Å². The standard InChI is InChI=1S/C19H23NO4S/c1-4-11-8-13(18(25-11)19(21)22)17-12-9-16(24-3)15(23-2)7-10(12)5-6-14(17)20/h7-9,14,17H,4-6,20H2,1-3H3,(H,21,22)/t14-,17+/m1/s1.